The van der Waals surface area contributed by atoms with E-state index in [0.717, 1.165) is 0 Å². The van der Waals surface area contributed by atoms with Crippen molar-refractivity contribution in [2.75, 3.05) is 20.8 Å². The number of halogens is 1. The molecule has 0 saturated heterocycles. The van der Waals surface area contributed by atoms with Crippen LogP contribution in [0.2, 0.25) is 0 Å². The maximum absolute atomic E-state index is 13.2. The number of methoxy groups -OCH3 is 2. The zero-order chi connectivity index (χ0) is 20.1. The Morgan fingerprint density at radius 3 is 2.36 bits per heavy atom. The van der Waals surface area contributed by atoms with Crippen molar-refractivity contribution in [3.63, 3.8) is 0 Å². The minimum absolute atomic E-state index is 0.0534. The summed E-state index contributed by atoms with van der Waals surface area (Å²) in [5.74, 6) is 1.00. The van der Waals surface area contributed by atoms with Crippen LogP contribution in [0.5, 0.6) is 11.5 Å². The van der Waals surface area contributed by atoms with Crippen molar-refractivity contribution in [2.24, 2.45) is 0 Å². The third kappa shape index (κ3) is 4.14. The van der Waals surface area contributed by atoms with Crippen LogP contribution in [0.1, 0.15) is 12.6 Å². The van der Waals surface area contributed by atoms with Crippen molar-refractivity contribution in [1.82, 2.24) is 4.98 Å². The summed E-state index contributed by atoms with van der Waals surface area (Å²) in [4.78, 5) is 16.5. The number of aromatic nitrogens is 1. The van der Waals surface area contributed by atoms with Gasteiger partial charge in [-0.05, 0) is 49.4 Å². The first kappa shape index (κ1) is 19.4. The summed E-state index contributed by atoms with van der Waals surface area (Å²) in [5.41, 5.74) is 1.68. The maximum Gasteiger partial charge on any atom is 0.312 e. The summed E-state index contributed by atoms with van der Waals surface area (Å²) in [6.07, 6.45) is -0.0534. The van der Waals surface area contributed by atoms with Gasteiger partial charge in [-0.25, -0.2) is 9.37 Å². The third-order valence-electron chi connectivity index (χ3n) is 4.05. The molecule has 1 aromatic heterocycles. The standard InChI is InChI=1S/C21H20FNO5/c1-4-27-19(24)12-16-20(14-7-10-17(25-2)18(11-14)26-3)28-21(23-16)13-5-8-15(22)9-6-13/h5-11H,4,12H2,1-3H3. The number of oxazole rings is 1. The first-order chi connectivity index (χ1) is 13.5. The van der Waals surface area contributed by atoms with Crippen LogP contribution in [0.4, 0.5) is 4.39 Å². The van der Waals surface area contributed by atoms with Crippen molar-refractivity contribution >= 4 is 5.97 Å². The van der Waals surface area contributed by atoms with E-state index in [1.165, 1.54) is 19.2 Å². The highest BCUT2D eigenvalue weighted by atomic mass is 19.1. The highest BCUT2D eigenvalue weighted by molar-refractivity contribution is 5.76. The molecular weight excluding hydrogens is 365 g/mol. The number of esters is 1. The molecule has 7 heteroatoms. The van der Waals surface area contributed by atoms with Crippen molar-refractivity contribution in [1.29, 1.82) is 0 Å². The second-order valence-electron chi connectivity index (χ2n) is 5.85. The van der Waals surface area contributed by atoms with E-state index < -0.39 is 5.97 Å². The number of hydrogen-bond donors (Lipinski definition) is 0. The molecule has 1 heterocycles. The molecule has 2 aromatic carbocycles. The van der Waals surface area contributed by atoms with Gasteiger partial charge >= 0.3 is 5.97 Å². The fourth-order valence-corrected chi connectivity index (χ4v) is 2.74. The molecule has 3 aromatic rings. The maximum atomic E-state index is 13.2. The Hall–Kier alpha value is -3.35. The number of hydrogen-bond acceptors (Lipinski definition) is 6. The van der Waals surface area contributed by atoms with Crippen LogP contribution in [0.3, 0.4) is 0 Å². The topological polar surface area (TPSA) is 70.8 Å². The molecule has 0 bridgehead atoms. The van der Waals surface area contributed by atoms with Crippen LogP contribution in [-0.4, -0.2) is 31.8 Å². The average Bonchev–Trinajstić information content (AvgIpc) is 3.11. The number of ether oxygens (including phenoxy) is 3. The van der Waals surface area contributed by atoms with Gasteiger partial charge in [-0.3, -0.25) is 4.79 Å². The zero-order valence-corrected chi connectivity index (χ0v) is 15.8. The molecule has 0 aliphatic carbocycles. The van der Waals surface area contributed by atoms with Gasteiger partial charge in [0.05, 0.1) is 32.9 Å². The highest BCUT2D eigenvalue weighted by Crippen LogP contribution is 2.36. The van der Waals surface area contributed by atoms with Crippen LogP contribution in [-0.2, 0) is 16.0 Å². The van der Waals surface area contributed by atoms with Crippen LogP contribution < -0.4 is 9.47 Å². The lowest BCUT2D eigenvalue weighted by molar-refractivity contribution is -0.142. The number of carbonyl (C=O) groups excluding carboxylic acids is 1. The van der Waals surface area contributed by atoms with Crippen LogP contribution in [0, 0.1) is 5.82 Å². The Morgan fingerprint density at radius 1 is 1.04 bits per heavy atom. The van der Waals surface area contributed by atoms with E-state index in [-0.39, 0.29) is 24.7 Å². The molecule has 0 fully saturated rings. The van der Waals surface area contributed by atoms with Gasteiger partial charge in [0.2, 0.25) is 5.89 Å². The van der Waals surface area contributed by atoms with Gasteiger partial charge in [0.15, 0.2) is 17.3 Å². The fraction of sp³-hybridized carbons (Fsp3) is 0.238. The molecule has 146 valence electrons. The monoisotopic (exact) mass is 385 g/mol. The molecule has 0 aliphatic rings. The molecule has 0 N–H and O–H groups in total. The quantitative estimate of drug-likeness (QED) is 0.566. The molecule has 3 rings (SSSR count). The molecular formula is C21H20FNO5. The first-order valence-corrected chi connectivity index (χ1v) is 8.69. The summed E-state index contributed by atoms with van der Waals surface area (Å²) < 4.78 is 34.8. The lowest BCUT2D eigenvalue weighted by atomic mass is 10.1. The smallest absolute Gasteiger partial charge is 0.312 e. The molecule has 0 radical (unpaired) electrons. The summed E-state index contributed by atoms with van der Waals surface area (Å²) in [6, 6.07) is 11.0. The summed E-state index contributed by atoms with van der Waals surface area (Å²) in [5, 5.41) is 0. The minimum atomic E-state index is -0.414. The second kappa shape index (κ2) is 8.56. The van der Waals surface area contributed by atoms with Crippen molar-refractivity contribution in [3.8, 4) is 34.3 Å². The van der Waals surface area contributed by atoms with Gasteiger partial charge in [0.1, 0.15) is 5.82 Å². The Kier molecular flexibility index (Phi) is 5.93. The van der Waals surface area contributed by atoms with E-state index in [1.807, 2.05) is 0 Å². The van der Waals surface area contributed by atoms with Crippen molar-refractivity contribution in [2.45, 2.75) is 13.3 Å². The second-order valence-corrected chi connectivity index (χ2v) is 5.85. The Balaban J connectivity index is 2.07. The molecule has 0 spiro atoms. The predicted molar refractivity (Wildman–Crippen MR) is 101 cm³/mol. The van der Waals surface area contributed by atoms with Crippen LogP contribution >= 0.6 is 0 Å². The largest absolute Gasteiger partial charge is 0.493 e. The number of carbonyl (C=O) groups is 1. The van der Waals surface area contributed by atoms with Crippen molar-refractivity contribution in [3.05, 3.63) is 54.0 Å². The van der Waals surface area contributed by atoms with E-state index in [2.05, 4.69) is 4.98 Å². The summed E-state index contributed by atoms with van der Waals surface area (Å²) in [7, 11) is 3.08. The Bertz CT molecular complexity index is 965. The lowest BCUT2D eigenvalue weighted by Crippen LogP contribution is -2.08. The van der Waals surface area contributed by atoms with E-state index in [9.17, 15) is 9.18 Å². The van der Waals surface area contributed by atoms with E-state index in [1.54, 1.807) is 44.4 Å². The Labute approximate surface area is 161 Å². The zero-order valence-electron chi connectivity index (χ0n) is 15.8. The van der Waals surface area contributed by atoms with Gasteiger partial charge in [-0.15, -0.1) is 0 Å². The van der Waals surface area contributed by atoms with Gasteiger partial charge in [0, 0.05) is 11.1 Å². The summed E-state index contributed by atoms with van der Waals surface area (Å²) >= 11 is 0. The van der Waals surface area contributed by atoms with E-state index >= 15 is 0 Å². The number of nitrogens with zero attached hydrogens (tertiary/aromatic N) is 1. The molecule has 0 aliphatic heterocycles. The highest BCUT2D eigenvalue weighted by Gasteiger charge is 2.21. The molecule has 0 atom stereocenters. The molecule has 0 amide bonds. The lowest BCUT2D eigenvalue weighted by Gasteiger charge is -2.09. The Morgan fingerprint density at radius 2 is 1.71 bits per heavy atom. The van der Waals surface area contributed by atoms with Gasteiger partial charge in [0.25, 0.3) is 0 Å². The van der Waals surface area contributed by atoms with E-state index in [0.29, 0.717) is 34.1 Å². The van der Waals surface area contributed by atoms with Gasteiger partial charge in [-0.2, -0.15) is 0 Å². The molecule has 0 unspecified atom stereocenters. The summed E-state index contributed by atoms with van der Waals surface area (Å²) in [6.45, 7) is 2.01. The molecule has 0 saturated carbocycles. The minimum Gasteiger partial charge on any atom is -0.493 e. The van der Waals surface area contributed by atoms with Crippen LogP contribution in [0.15, 0.2) is 46.9 Å². The van der Waals surface area contributed by atoms with Crippen LogP contribution in [0.25, 0.3) is 22.8 Å². The third-order valence-corrected chi connectivity index (χ3v) is 4.05. The number of rotatable bonds is 7. The fourth-order valence-electron chi connectivity index (χ4n) is 2.74. The number of benzene rings is 2. The van der Waals surface area contributed by atoms with Crippen molar-refractivity contribution < 1.29 is 27.8 Å². The normalized spacial score (nSPS) is 10.6. The van der Waals surface area contributed by atoms with E-state index in [4.69, 9.17) is 18.6 Å². The van der Waals surface area contributed by atoms with Gasteiger partial charge in [-0.1, -0.05) is 0 Å². The SMILES string of the molecule is CCOC(=O)Cc1nc(-c2ccc(F)cc2)oc1-c1ccc(OC)c(OC)c1. The first-order valence-electron chi connectivity index (χ1n) is 8.69. The molecule has 6 nitrogen and oxygen atoms in total. The van der Waals surface area contributed by atoms with Gasteiger partial charge < -0.3 is 18.6 Å². The average molecular weight is 385 g/mol. The molecule has 28 heavy (non-hydrogen) atoms. The predicted octanol–water partition coefficient (Wildman–Crippen LogP) is 4.27.